The molecule has 1 heterocycles. The van der Waals surface area contributed by atoms with Crippen LogP contribution < -0.4 is 11.1 Å². The number of nitrogen functional groups attached to an aromatic ring is 1. The van der Waals surface area contributed by atoms with E-state index in [9.17, 15) is 0 Å². The maximum atomic E-state index is 5.73. The highest BCUT2D eigenvalue weighted by molar-refractivity contribution is 5.78. The van der Waals surface area contributed by atoms with Crippen molar-refractivity contribution in [3.63, 3.8) is 0 Å². The highest BCUT2D eigenvalue weighted by Crippen LogP contribution is 2.61. The average Bonchev–Trinajstić information content (AvgIpc) is 3.22. The SMILES string of the molecule is Nc1ccc2oc(NCC3(C4CC4)CC3)nc2c1. The molecule has 0 bridgehead atoms. The Morgan fingerprint density at radius 1 is 1.39 bits per heavy atom. The number of benzene rings is 1. The highest BCUT2D eigenvalue weighted by Gasteiger charge is 2.53. The zero-order chi connectivity index (χ0) is 12.2. The molecule has 0 saturated heterocycles. The Morgan fingerprint density at radius 3 is 2.94 bits per heavy atom. The molecule has 0 atom stereocenters. The van der Waals surface area contributed by atoms with Crippen LogP contribution in [0, 0.1) is 11.3 Å². The van der Waals surface area contributed by atoms with Crippen molar-refractivity contribution in [1.82, 2.24) is 4.98 Å². The van der Waals surface area contributed by atoms with Crippen molar-refractivity contribution in [2.75, 3.05) is 17.6 Å². The van der Waals surface area contributed by atoms with Crippen molar-refractivity contribution in [3.05, 3.63) is 18.2 Å². The van der Waals surface area contributed by atoms with Gasteiger partial charge in [-0.1, -0.05) is 0 Å². The number of nitrogens with two attached hydrogens (primary N) is 1. The highest BCUT2D eigenvalue weighted by atomic mass is 16.4. The van der Waals surface area contributed by atoms with Gasteiger partial charge in [0.05, 0.1) is 0 Å². The minimum atomic E-state index is 0.555. The Bertz CT molecular complexity index is 596. The zero-order valence-corrected chi connectivity index (χ0v) is 10.3. The number of fused-ring (bicyclic) bond motifs is 1. The predicted molar refractivity (Wildman–Crippen MR) is 71.3 cm³/mol. The number of nitrogens with zero attached hydrogens (tertiary/aromatic N) is 1. The van der Waals surface area contributed by atoms with E-state index >= 15 is 0 Å². The molecule has 2 aliphatic carbocycles. The van der Waals surface area contributed by atoms with E-state index < -0.39 is 0 Å². The van der Waals surface area contributed by atoms with E-state index in [-0.39, 0.29) is 0 Å². The van der Waals surface area contributed by atoms with Crippen LogP contribution in [0.5, 0.6) is 0 Å². The number of anilines is 2. The number of rotatable bonds is 4. The number of nitrogens with one attached hydrogen (secondary N) is 1. The summed E-state index contributed by atoms with van der Waals surface area (Å²) in [5, 5.41) is 3.36. The molecule has 1 aromatic heterocycles. The summed E-state index contributed by atoms with van der Waals surface area (Å²) in [6.45, 7) is 1.000. The molecular formula is C14H17N3O. The molecule has 1 aromatic carbocycles. The van der Waals surface area contributed by atoms with Gasteiger partial charge < -0.3 is 15.5 Å². The fraction of sp³-hybridized carbons (Fsp3) is 0.500. The standard InChI is InChI=1S/C14H17N3O/c15-10-3-4-12-11(7-10)17-13(18-12)16-8-14(5-6-14)9-1-2-9/h3-4,7,9H,1-2,5-6,8,15H2,(H,16,17). The quantitative estimate of drug-likeness (QED) is 0.810. The maximum absolute atomic E-state index is 5.73. The van der Waals surface area contributed by atoms with Crippen molar-refractivity contribution in [1.29, 1.82) is 0 Å². The van der Waals surface area contributed by atoms with Crippen molar-refractivity contribution in [2.24, 2.45) is 11.3 Å². The normalized spacial score (nSPS) is 21.1. The van der Waals surface area contributed by atoms with Crippen LogP contribution in [0.25, 0.3) is 11.1 Å². The van der Waals surface area contributed by atoms with Gasteiger partial charge in [-0.2, -0.15) is 4.98 Å². The largest absolute Gasteiger partial charge is 0.424 e. The van der Waals surface area contributed by atoms with E-state index in [2.05, 4.69) is 10.3 Å². The molecule has 18 heavy (non-hydrogen) atoms. The van der Waals surface area contributed by atoms with E-state index in [1.807, 2.05) is 18.2 Å². The molecule has 2 saturated carbocycles. The van der Waals surface area contributed by atoms with Gasteiger partial charge in [-0.3, -0.25) is 0 Å². The van der Waals surface area contributed by atoms with E-state index in [1.165, 1.54) is 25.7 Å². The molecule has 4 rings (SSSR count). The first-order valence-electron chi connectivity index (χ1n) is 6.65. The Hall–Kier alpha value is -1.71. The van der Waals surface area contributed by atoms with Crippen molar-refractivity contribution < 1.29 is 4.42 Å². The number of aromatic nitrogens is 1. The number of oxazole rings is 1. The topological polar surface area (TPSA) is 64.1 Å². The number of hydrogen-bond acceptors (Lipinski definition) is 4. The first kappa shape index (κ1) is 10.2. The van der Waals surface area contributed by atoms with Gasteiger partial charge in [0, 0.05) is 12.2 Å². The third kappa shape index (κ3) is 1.64. The Kier molecular flexibility index (Phi) is 1.93. The summed E-state index contributed by atoms with van der Waals surface area (Å²) in [5.41, 5.74) is 8.63. The molecule has 0 unspecified atom stereocenters. The zero-order valence-electron chi connectivity index (χ0n) is 10.3. The lowest BCUT2D eigenvalue weighted by Crippen LogP contribution is -2.17. The summed E-state index contributed by atoms with van der Waals surface area (Å²) >= 11 is 0. The summed E-state index contributed by atoms with van der Waals surface area (Å²) < 4.78 is 5.67. The molecule has 0 spiro atoms. The molecule has 0 amide bonds. The summed E-state index contributed by atoms with van der Waals surface area (Å²) in [7, 11) is 0. The summed E-state index contributed by atoms with van der Waals surface area (Å²) in [6.07, 6.45) is 5.53. The molecule has 2 aliphatic rings. The molecule has 94 valence electrons. The molecule has 4 heteroatoms. The van der Waals surface area contributed by atoms with E-state index in [0.29, 0.717) is 11.4 Å². The second-order valence-corrected chi connectivity index (χ2v) is 5.74. The van der Waals surface area contributed by atoms with Crippen molar-refractivity contribution in [2.45, 2.75) is 25.7 Å². The fourth-order valence-electron chi connectivity index (χ4n) is 2.86. The second kappa shape index (κ2) is 3.40. The van der Waals surface area contributed by atoms with Gasteiger partial charge in [0.15, 0.2) is 5.58 Å². The van der Waals surface area contributed by atoms with Crippen LogP contribution in [0.15, 0.2) is 22.6 Å². The van der Waals surface area contributed by atoms with Crippen LogP contribution in [-0.4, -0.2) is 11.5 Å². The van der Waals surface area contributed by atoms with Gasteiger partial charge in [-0.15, -0.1) is 0 Å². The Morgan fingerprint density at radius 2 is 2.22 bits per heavy atom. The van der Waals surface area contributed by atoms with Crippen LogP contribution in [0.2, 0.25) is 0 Å². The third-order valence-corrected chi connectivity index (χ3v) is 4.34. The van der Waals surface area contributed by atoms with Crippen molar-refractivity contribution >= 4 is 22.8 Å². The van der Waals surface area contributed by atoms with E-state index in [1.54, 1.807) is 0 Å². The first-order chi connectivity index (χ1) is 8.75. The molecule has 0 radical (unpaired) electrons. The minimum absolute atomic E-state index is 0.555. The number of hydrogen-bond donors (Lipinski definition) is 2. The van der Waals surface area contributed by atoms with Crippen LogP contribution >= 0.6 is 0 Å². The van der Waals surface area contributed by atoms with Crippen LogP contribution in [-0.2, 0) is 0 Å². The molecule has 3 N–H and O–H groups in total. The van der Waals surface area contributed by atoms with Gasteiger partial charge in [0.25, 0.3) is 6.01 Å². The molecule has 0 aliphatic heterocycles. The van der Waals surface area contributed by atoms with Crippen molar-refractivity contribution in [3.8, 4) is 0 Å². The molecule has 2 fully saturated rings. The fourth-order valence-corrected chi connectivity index (χ4v) is 2.86. The van der Waals surface area contributed by atoms with E-state index in [0.717, 1.165) is 29.2 Å². The van der Waals surface area contributed by atoms with E-state index in [4.69, 9.17) is 10.2 Å². The first-order valence-corrected chi connectivity index (χ1v) is 6.65. The van der Waals surface area contributed by atoms with Crippen LogP contribution in [0.1, 0.15) is 25.7 Å². The summed E-state index contributed by atoms with van der Waals surface area (Å²) in [6, 6.07) is 6.18. The van der Waals surface area contributed by atoms with Gasteiger partial charge in [-0.05, 0) is 55.2 Å². The smallest absolute Gasteiger partial charge is 0.295 e. The monoisotopic (exact) mass is 243 g/mol. The Labute approximate surface area is 106 Å². The van der Waals surface area contributed by atoms with Gasteiger partial charge in [-0.25, -0.2) is 0 Å². The Balaban J connectivity index is 1.52. The molecule has 2 aromatic rings. The average molecular weight is 243 g/mol. The lowest BCUT2D eigenvalue weighted by atomic mass is 10.0. The molecule has 4 nitrogen and oxygen atoms in total. The van der Waals surface area contributed by atoms with Crippen LogP contribution in [0.4, 0.5) is 11.7 Å². The lowest BCUT2D eigenvalue weighted by molar-refractivity contribution is 0.459. The van der Waals surface area contributed by atoms with Gasteiger partial charge >= 0.3 is 0 Å². The predicted octanol–water partition coefficient (Wildman–Crippen LogP) is 3.01. The van der Waals surface area contributed by atoms with Gasteiger partial charge in [0.1, 0.15) is 5.52 Å². The van der Waals surface area contributed by atoms with Crippen LogP contribution in [0.3, 0.4) is 0 Å². The van der Waals surface area contributed by atoms with Gasteiger partial charge in [0.2, 0.25) is 0 Å². The molecular weight excluding hydrogens is 226 g/mol. The summed E-state index contributed by atoms with van der Waals surface area (Å²) in [5.74, 6) is 0.949. The summed E-state index contributed by atoms with van der Waals surface area (Å²) in [4.78, 5) is 4.43. The lowest BCUT2D eigenvalue weighted by Gasteiger charge is -2.13. The minimum Gasteiger partial charge on any atom is -0.424 e. The maximum Gasteiger partial charge on any atom is 0.295 e. The third-order valence-electron chi connectivity index (χ3n) is 4.34. The second-order valence-electron chi connectivity index (χ2n) is 5.74.